The van der Waals surface area contributed by atoms with Crippen molar-refractivity contribution in [1.82, 2.24) is 0 Å². The van der Waals surface area contributed by atoms with Crippen LogP contribution in [0.4, 0.5) is 0 Å². The molecule has 1 aliphatic heterocycles. The predicted octanol–water partition coefficient (Wildman–Crippen LogP) is -2.02. The Morgan fingerprint density at radius 3 is 2.25 bits per heavy atom. The van der Waals surface area contributed by atoms with Crippen molar-refractivity contribution in [3.63, 3.8) is 0 Å². The molecular weight excluding hydrogens is 256 g/mol. The van der Waals surface area contributed by atoms with Gasteiger partial charge in [-0.1, -0.05) is 0 Å². The summed E-state index contributed by atoms with van der Waals surface area (Å²) in [7, 11) is 3.33. The molecule has 1 aliphatic rings. The first-order valence-electron chi connectivity index (χ1n) is 7.25. The lowest BCUT2D eigenvalue weighted by Crippen LogP contribution is -3.27. The Morgan fingerprint density at radius 1 is 1.00 bits per heavy atom. The minimum Gasteiger partial charge on any atom is -0.493 e. The number of hydrogen-bond donors (Lipinski definition) is 3. The number of benzene rings is 1. The first kappa shape index (κ1) is 15.1. The van der Waals surface area contributed by atoms with Crippen molar-refractivity contribution in [2.75, 3.05) is 53.6 Å². The third kappa shape index (κ3) is 3.85. The Bertz CT molecular complexity index is 418. The molecule has 0 bridgehead atoms. The van der Waals surface area contributed by atoms with Gasteiger partial charge in [0, 0.05) is 5.56 Å². The van der Waals surface area contributed by atoms with E-state index in [1.165, 1.54) is 10.5 Å². The molecule has 0 spiro atoms. The molecule has 1 fully saturated rings. The molecular formula is C15H26N2O3+2. The minimum atomic E-state index is 0.292. The van der Waals surface area contributed by atoms with Gasteiger partial charge in [0.1, 0.15) is 39.3 Å². The van der Waals surface area contributed by atoms with Crippen molar-refractivity contribution < 1.29 is 24.4 Å². The van der Waals surface area contributed by atoms with Gasteiger partial charge < -0.3 is 24.4 Å². The fourth-order valence-electron chi connectivity index (χ4n) is 2.82. The highest BCUT2D eigenvalue weighted by molar-refractivity contribution is 5.42. The van der Waals surface area contributed by atoms with Crippen LogP contribution in [0.15, 0.2) is 18.2 Å². The maximum absolute atomic E-state index is 8.97. The third-order valence-electron chi connectivity index (χ3n) is 4.03. The molecule has 3 N–H and O–H groups in total. The van der Waals surface area contributed by atoms with Crippen molar-refractivity contribution in [1.29, 1.82) is 0 Å². The van der Waals surface area contributed by atoms with E-state index in [1.807, 2.05) is 6.07 Å². The maximum Gasteiger partial charge on any atom is 0.161 e. The summed E-state index contributed by atoms with van der Waals surface area (Å²) in [6.45, 7) is 6.79. The first-order valence-corrected chi connectivity index (χ1v) is 7.25. The maximum atomic E-state index is 8.97. The second-order valence-corrected chi connectivity index (χ2v) is 5.34. The fraction of sp³-hybridized carbons (Fsp3) is 0.600. The molecule has 0 unspecified atom stereocenters. The molecule has 1 aromatic carbocycles. The molecule has 0 aliphatic carbocycles. The smallest absolute Gasteiger partial charge is 0.161 e. The SMILES string of the molecule is COc1ccc(C[NH+]2CC[NH+](CCO)CC2)cc1OC. The van der Waals surface area contributed by atoms with E-state index in [2.05, 4.69) is 12.1 Å². The number of nitrogens with one attached hydrogen (secondary N) is 2. The summed E-state index contributed by atoms with van der Waals surface area (Å²) in [6.07, 6.45) is 0. The molecule has 5 nitrogen and oxygen atoms in total. The quantitative estimate of drug-likeness (QED) is 0.564. The monoisotopic (exact) mass is 282 g/mol. The topological polar surface area (TPSA) is 47.6 Å². The second kappa shape index (κ2) is 7.47. The van der Waals surface area contributed by atoms with Gasteiger partial charge in [0.05, 0.1) is 20.8 Å². The standard InChI is InChI=1S/C15H24N2O3/c1-19-14-4-3-13(11-15(14)20-2)12-17-7-5-16(6-8-17)9-10-18/h3-4,11,18H,5-10,12H2,1-2H3/p+2. The van der Waals surface area contributed by atoms with Crippen LogP contribution in [0.3, 0.4) is 0 Å². The Hall–Kier alpha value is -1.30. The summed E-state index contributed by atoms with van der Waals surface area (Å²) in [4.78, 5) is 3.11. The van der Waals surface area contributed by atoms with E-state index in [-0.39, 0.29) is 0 Å². The minimum absolute atomic E-state index is 0.292. The zero-order valence-corrected chi connectivity index (χ0v) is 12.4. The number of aliphatic hydroxyl groups is 1. The lowest BCUT2D eigenvalue weighted by atomic mass is 10.1. The van der Waals surface area contributed by atoms with Crippen LogP contribution in [0.1, 0.15) is 5.56 Å². The van der Waals surface area contributed by atoms with E-state index in [4.69, 9.17) is 14.6 Å². The zero-order chi connectivity index (χ0) is 14.4. The summed E-state index contributed by atoms with van der Waals surface area (Å²) in [5.41, 5.74) is 1.28. The van der Waals surface area contributed by atoms with Gasteiger partial charge in [-0.3, -0.25) is 0 Å². The highest BCUT2D eigenvalue weighted by Crippen LogP contribution is 2.27. The van der Waals surface area contributed by atoms with Crippen molar-refractivity contribution in [2.24, 2.45) is 0 Å². The van der Waals surface area contributed by atoms with Gasteiger partial charge in [-0.15, -0.1) is 0 Å². The van der Waals surface area contributed by atoms with Crippen molar-refractivity contribution in [3.05, 3.63) is 23.8 Å². The van der Waals surface area contributed by atoms with E-state index < -0.39 is 0 Å². The summed E-state index contributed by atoms with van der Waals surface area (Å²) in [5.74, 6) is 1.58. The molecule has 20 heavy (non-hydrogen) atoms. The third-order valence-corrected chi connectivity index (χ3v) is 4.03. The average Bonchev–Trinajstić information content (AvgIpc) is 2.49. The van der Waals surface area contributed by atoms with Crippen molar-refractivity contribution in [2.45, 2.75) is 6.54 Å². The van der Waals surface area contributed by atoms with E-state index >= 15 is 0 Å². The number of aliphatic hydroxyl groups excluding tert-OH is 1. The van der Waals surface area contributed by atoms with Gasteiger partial charge in [0.2, 0.25) is 0 Å². The van der Waals surface area contributed by atoms with Gasteiger partial charge in [-0.25, -0.2) is 0 Å². The fourth-order valence-corrected chi connectivity index (χ4v) is 2.82. The Labute approximate surface area is 120 Å². The normalized spacial score (nSPS) is 22.6. The summed E-state index contributed by atoms with van der Waals surface area (Å²) >= 11 is 0. The largest absolute Gasteiger partial charge is 0.493 e. The van der Waals surface area contributed by atoms with Crippen molar-refractivity contribution >= 4 is 0 Å². The van der Waals surface area contributed by atoms with Gasteiger partial charge in [0.15, 0.2) is 11.5 Å². The van der Waals surface area contributed by atoms with Gasteiger partial charge >= 0.3 is 0 Å². The summed E-state index contributed by atoms with van der Waals surface area (Å²) in [5, 5.41) is 8.97. The molecule has 1 aromatic rings. The Balaban J connectivity index is 1.91. The van der Waals surface area contributed by atoms with Gasteiger partial charge in [0.25, 0.3) is 0 Å². The molecule has 0 aromatic heterocycles. The molecule has 1 saturated heterocycles. The lowest BCUT2D eigenvalue weighted by Gasteiger charge is -2.29. The number of methoxy groups -OCH3 is 2. The van der Waals surface area contributed by atoms with Crippen LogP contribution >= 0.6 is 0 Å². The average molecular weight is 282 g/mol. The van der Waals surface area contributed by atoms with Crippen LogP contribution in [0.25, 0.3) is 0 Å². The van der Waals surface area contributed by atoms with E-state index in [1.54, 1.807) is 19.1 Å². The highest BCUT2D eigenvalue weighted by atomic mass is 16.5. The summed E-state index contributed by atoms with van der Waals surface area (Å²) in [6, 6.07) is 6.15. The van der Waals surface area contributed by atoms with E-state index in [9.17, 15) is 0 Å². The molecule has 5 heteroatoms. The second-order valence-electron chi connectivity index (χ2n) is 5.34. The molecule has 0 amide bonds. The highest BCUT2D eigenvalue weighted by Gasteiger charge is 2.22. The number of piperazine rings is 1. The summed E-state index contributed by atoms with van der Waals surface area (Å²) < 4.78 is 10.6. The number of ether oxygens (including phenoxy) is 2. The number of quaternary nitrogens is 2. The lowest BCUT2D eigenvalue weighted by molar-refractivity contribution is -1.02. The molecule has 2 rings (SSSR count). The Kier molecular flexibility index (Phi) is 5.64. The van der Waals surface area contributed by atoms with Crippen LogP contribution in [0.2, 0.25) is 0 Å². The van der Waals surface area contributed by atoms with Crippen LogP contribution in [-0.4, -0.2) is 58.7 Å². The zero-order valence-electron chi connectivity index (χ0n) is 12.4. The van der Waals surface area contributed by atoms with Gasteiger partial charge in [-0.05, 0) is 18.2 Å². The molecule has 0 saturated carbocycles. The van der Waals surface area contributed by atoms with Crippen LogP contribution in [0, 0.1) is 0 Å². The van der Waals surface area contributed by atoms with E-state index in [0.717, 1.165) is 50.8 Å². The van der Waals surface area contributed by atoms with E-state index in [0.29, 0.717) is 6.61 Å². The van der Waals surface area contributed by atoms with Crippen LogP contribution in [0.5, 0.6) is 11.5 Å². The first-order chi connectivity index (χ1) is 9.76. The van der Waals surface area contributed by atoms with Gasteiger partial charge in [-0.2, -0.15) is 0 Å². The molecule has 0 radical (unpaired) electrons. The number of hydrogen-bond acceptors (Lipinski definition) is 3. The van der Waals surface area contributed by atoms with Crippen LogP contribution < -0.4 is 19.3 Å². The predicted molar refractivity (Wildman–Crippen MR) is 76.6 cm³/mol. The van der Waals surface area contributed by atoms with Crippen molar-refractivity contribution in [3.8, 4) is 11.5 Å². The molecule has 112 valence electrons. The Morgan fingerprint density at radius 2 is 1.65 bits per heavy atom. The molecule has 0 atom stereocenters. The van der Waals surface area contributed by atoms with Crippen LogP contribution in [-0.2, 0) is 6.54 Å². The molecule has 1 heterocycles. The number of rotatable bonds is 6.